The van der Waals surface area contributed by atoms with Gasteiger partial charge in [-0.25, -0.2) is 8.78 Å². The van der Waals surface area contributed by atoms with Gasteiger partial charge in [-0.15, -0.1) is 0 Å². The molecule has 2 aliphatic rings. The molecular formula is C13H19F2NO3. The third-order valence-electron chi connectivity index (χ3n) is 4.39. The monoisotopic (exact) mass is 275 g/mol. The second kappa shape index (κ2) is 5.06. The van der Waals surface area contributed by atoms with Gasteiger partial charge in [0.15, 0.2) is 0 Å². The maximum absolute atomic E-state index is 13.0. The molecule has 108 valence electrons. The summed E-state index contributed by atoms with van der Waals surface area (Å²) in [6.07, 6.45) is 2.27. The SMILES string of the molecule is O=C(NCC1(C(=O)O)CCCC1)C1CCC(F)(F)C1. The van der Waals surface area contributed by atoms with Crippen LogP contribution in [0.2, 0.25) is 0 Å². The number of hydrogen-bond acceptors (Lipinski definition) is 2. The number of carbonyl (C=O) groups is 2. The van der Waals surface area contributed by atoms with Crippen molar-refractivity contribution in [1.29, 1.82) is 0 Å². The number of hydrogen-bond donors (Lipinski definition) is 2. The van der Waals surface area contributed by atoms with Gasteiger partial charge in [-0.3, -0.25) is 9.59 Å². The lowest BCUT2D eigenvalue weighted by atomic mass is 9.86. The minimum absolute atomic E-state index is 0.0588. The van der Waals surface area contributed by atoms with E-state index < -0.39 is 35.6 Å². The first-order valence-corrected chi connectivity index (χ1v) is 6.74. The molecule has 2 saturated carbocycles. The summed E-state index contributed by atoms with van der Waals surface area (Å²) in [6, 6.07) is 0. The van der Waals surface area contributed by atoms with Gasteiger partial charge in [0.1, 0.15) is 0 Å². The van der Waals surface area contributed by atoms with E-state index in [9.17, 15) is 23.5 Å². The summed E-state index contributed by atoms with van der Waals surface area (Å²) in [5.74, 6) is -4.76. The van der Waals surface area contributed by atoms with E-state index in [2.05, 4.69) is 5.32 Å². The second-order valence-electron chi connectivity index (χ2n) is 5.81. The van der Waals surface area contributed by atoms with Crippen molar-refractivity contribution in [3.63, 3.8) is 0 Å². The molecule has 0 aromatic heterocycles. The number of nitrogens with one attached hydrogen (secondary N) is 1. The van der Waals surface area contributed by atoms with E-state index in [1.54, 1.807) is 0 Å². The Morgan fingerprint density at radius 3 is 2.32 bits per heavy atom. The standard InChI is InChI=1S/C13H19F2NO3/c14-13(15)6-3-9(7-13)10(17)16-8-12(11(18)19)4-1-2-5-12/h9H,1-8H2,(H,16,17)(H,18,19). The van der Waals surface area contributed by atoms with Crippen molar-refractivity contribution in [1.82, 2.24) is 5.32 Å². The fourth-order valence-electron chi connectivity index (χ4n) is 3.09. The highest BCUT2D eigenvalue weighted by molar-refractivity contribution is 5.81. The van der Waals surface area contributed by atoms with Crippen LogP contribution >= 0.6 is 0 Å². The molecule has 0 aromatic rings. The van der Waals surface area contributed by atoms with Crippen molar-refractivity contribution in [2.45, 2.75) is 50.9 Å². The van der Waals surface area contributed by atoms with Crippen LogP contribution in [0.3, 0.4) is 0 Å². The maximum Gasteiger partial charge on any atom is 0.311 e. The molecule has 2 rings (SSSR count). The number of halogens is 2. The largest absolute Gasteiger partial charge is 0.481 e. The smallest absolute Gasteiger partial charge is 0.311 e. The zero-order chi connectivity index (χ0) is 14.1. The first-order valence-electron chi connectivity index (χ1n) is 6.74. The van der Waals surface area contributed by atoms with Crippen molar-refractivity contribution in [3.05, 3.63) is 0 Å². The van der Waals surface area contributed by atoms with Crippen molar-refractivity contribution < 1.29 is 23.5 Å². The molecular weight excluding hydrogens is 256 g/mol. The summed E-state index contributed by atoms with van der Waals surface area (Å²) >= 11 is 0. The molecule has 0 aliphatic heterocycles. The van der Waals surface area contributed by atoms with Crippen LogP contribution in [0.1, 0.15) is 44.9 Å². The van der Waals surface area contributed by atoms with Crippen LogP contribution in [0.15, 0.2) is 0 Å². The van der Waals surface area contributed by atoms with Gasteiger partial charge in [0.25, 0.3) is 0 Å². The zero-order valence-corrected chi connectivity index (χ0v) is 10.8. The maximum atomic E-state index is 13.0. The number of aliphatic carboxylic acids is 1. The molecule has 0 saturated heterocycles. The van der Waals surface area contributed by atoms with Gasteiger partial charge in [-0.2, -0.15) is 0 Å². The van der Waals surface area contributed by atoms with Crippen LogP contribution in [0.4, 0.5) is 8.78 Å². The molecule has 2 aliphatic carbocycles. The number of amides is 1. The van der Waals surface area contributed by atoms with E-state index in [4.69, 9.17) is 0 Å². The summed E-state index contributed by atoms with van der Waals surface area (Å²) in [4.78, 5) is 23.1. The zero-order valence-electron chi connectivity index (χ0n) is 10.8. The van der Waals surface area contributed by atoms with E-state index >= 15 is 0 Å². The molecule has 0 bridgehead atoms. The molecule has 1 amide bonds. The van der Waals surface area contributed by atoms with Crippen molar-refractivity contribution in [3.8, 4) is 0 Å². The van der Waals surface area contributed by atoms with E-state index in [0.717, 1.165) is 12.8 Å². The third kappa shape index (κ3) is 3.04. The molecule has 6 heteroatoms. The molecule has 2 fully saturated rings. The molecule has 19 heavy (non-hydrogen) atoms. The van der Waals surface area contributed by atoms with Gasteiger partial charge in [0, 0.05) is 25.3 Å². The Bertz CT molecular complexity index is 378. The van der Waals surface area contributed by atoms with Crippen molar-refractivity contribution in [2.24, 2.45) is 11.3 Å². The second-order valence-corrected chi connectivity index (χ2v) is 5.81. The summed E-state index contributed by atoms with van der Waals surface area (Å²) < 4.78 is 26.1. The Kier molecular flexibility index (Phi) is 3.78. The number of carbonyl (C=O) groups excluding carboxylic acids is 1. The lowest BCUT2D eigenvalue weighted by molar-refractivity contribution is -0.148. The normalized spacial score (nSPS) is 28.2. The predicted molar refractivity (Wildman–Crippen MR) is 63.8 cm³/mol. The van der Waals surface area contributed by atoms with E-state index in [0.29, 0.717) is 12.8 Å². The van der Waals surface area contributed by atoms with Crippen LogP contribution in [0.5, 0.6) is 0 Å². The number of alkyl halides is 2. The lowest BCUT2D eigenvalue weighted by Gasteiger charge is -2.24. The Morgan fingerprint density at radius 1 is 1.21 bits per heavy atom. The average molecular weight is 275 g/mol. The first-order chi connectivity index (χ1) is 8.85. The molecule has 4 nitrogen and oxygen atoms in total. The topological polar surface area (TPSA) is 66.4 Å². The van der Waals surface area contributed by atoms with Crippen molar-refractivity contribution >= 4 is 11.9 Å². The predicted octanol–water partition coefficient (Wildman–Crippen LogP) is 2.18. The number of carboxylic acid groups (broad SMARTS) is 1. The molecule has 0 radical (unpaired) electrons. The highest BCUT2D eigenvalue weighted by Gasteiger charge is 2.44. The van der Waals surface area contributed by atoms with Gasteiger partial charge in [-0.1, -0.05) is 12.8 Å². The third-order valence-corrected chi connectivity index (χ3v) is 4.39. The van der Waals surface area contributed by atoms with Gasteiger partial charge in [0.05, 0.1) is 5.41 Å². The van der Waals surface area contributed by atoms with Crippen LogP contribution in [-0.4, -0.2) is 29.5 Å². The Hall–Kier alpha value is -1.20. The van der Waals surface area contributed by atoms with Crippen molar-refractivity contribution in [2.75, 3.05) is 6.54 Å². The fraction of sp³-hybridized carbons (Fsp3) is 0.846. The molecule has 0 heterocycles. The average Bonchev–Trinajstić information content (AvgIpc) is 2.93. The van der Waals surface area contributed by atoms with E-state index in [1.807, 2.05) is 0 Å². The summed E-state index contributed by atoms with van der Waals surface area (Å²) in [6.45, 7) is 0.0588. The molecule has 1 unspecified atom stereocenters. The summed E-state index contributed by atoms with van der Waals surface area (Å²) in [7, 11) is 0. The van der Waals surface area contributed by atoms with Gasteiger partial charge in [-0.05, 0) is 19.3 Å². The highest BCUT2D eigenvalue weighted by atomic mass is 19.3. The molecule has 2 N–H and O–H groups in total. The van der Waals surface area contributed by atoms with Gasteiger partial charge >= 0.3 is 5.97 Å². The first kappa shape index (κ1) is 14.2. The van der Waals surface area contributed by atoms with Gasteiger partial charge in [0.2, 0.25) is 11.8 Å². The van der Waals surface area contributed by atoms with Gasteiger partial charge < -0.3 is 10.4 Å². The number of rotatable bonds is 4. The minimum atomic E-state index is -2.75. The van der Waals surface area contributed by atoms with E-state index in [-0.39, 0.29) is 19.4 Å². The van der Waals surface area contributed by atoms with Crippen LogP contribution in [-0.2, 0) is 9.59 Å². The Balaban J connectivity index is 1.88. The summed E-state index contributed by atoms with van der Waals surface area (Å²) in [5.41, 5.74) is -0.892. The molecule has 0 aromatic carbocycles. The Morgan fingerprint density at radius 2 is 1.84 bits per heavy atom. The van der Waals surface area contributed by atoms with Crippen LogP contribution in [0.25, 0.3) is 0 Å². The lowest BCUT2D eigenvalue weighted by Crippen LogP contribution is -2.43. The Labute approximate surface area is 110 Å². The van der Waals surface area contributed by atoms with E-state index in [1.165, 1.54) is 0 Å². The van der Waals surface area contributed by atoms with Crippen LogP contribution < -0.4 is 5.32 Å². The highest BCUT2D eigenvalue weighted by Crippen LogP contribution is 2.40. The number of carboxylic acids is 1. The summed E-state index contributed by atoms with van der Waals surface area (Å²) in [5, 5.41) is 11.8. The minimum Gasteiger partial charge on any atom is -0.481 e. The van der Waals surface area contributed by atoms with Crippen LogP contribution in [0, 0.1) is 11.3 Å². The quantitative estimate of drug-likeness (QED) is 0.826. The molecule has 1 atom stereocenters. The fourth-order valence-corrected chi connectivity index (χ4v) is 3.09. The molecule has 0 spiro atoms.